The molecule has 17 heavy (non-hydrogen) atoms. The van der Waals surface area contributed by atoms with Crippen molar-refractivity contribution < 1.29 is 9.47 Å². The molecule has 0 unspecified atom stereocenters. The molecule has 1 fully saturated rings. The number of aromatic nitrogens is 1. The molecule has 1 aliphatic carbocycles. The second kappa shape index (κ2) is 4.55. The lowest BCUT2D eigenvalue weighted by Gasteiger charge is -2.23. The van der Waals surface area contributed by atoms with Gasteiger partial charge in [0.1, 0.15) is 5.60 Å². The number of hydrogen-bond acceptors (Lipinski definition) is 3. The number of ether oxygens (including phenoxy) is 2. The minimum atomic E-state index is -0.249. The number of nitrogens with zero attached hydrogens (tertiary/aromatic N) is 1. The van der Waals surface area contributed by atoms with E-state index in [1.807, 2.05) is 26.8 Å². The lowest BCUT2D eigenvalue weighted by molar-refractivity contribution is 0.115. The Kier molecular flexibility index (Phi) is 3.27. The van der Waals surface area contributed by atoms with Crippen molar-refractivity contribution in [2.75, 3.05) is 0 Å². The van der Waals surface area contributed by atoms with E-state index in [0.717, 1.165) is 25.0 Å². The van der Waals surface area contributed by atoms with E-state index in [4.69, 9.17) is 9.47 Å². The molecule has 0 bridgehead atoms. The molecule has 3 heteroatoms. The molecule has 1 heterocycles. The zero-order valence-corrected chi connectivity index (χ0v) is 11.1. The van der Waals surface area contributed by atoms with Crippen molar-refractivity contribution in [3.8, 4) is 11.6 Å². The van der Waals surface area contributed by atoms with Gasteiger partial charge in [-0.3, -0.25) is 0 Å². The summed E-state index contributed by atoms with van der Waals surface area (Å²) in [5.74, 6) is 1.47. The zero-order valence-electron chi connectivity index (χ0n) is 11.1. The zero-order chi connectivity index (χ0) is 12.5. The Labute approximate surface area is 103 Å². The highest BCUT2D eigenvalue weighted by atomic mass is 16.5. The Hall–Kier alpha value is -1.25. The van der Waals surface area contributed by atoms with Crippen molar-refractivity contribution in [3.63, 3.8) is 0 Å². The second-order valence-corrected chi connectivity index (χ2v) is 5.49. The summed E-state index contributed by atoms with van der Waals surface area (Å²) < 4.78 is 11.8. The molecule has 2 rings (SSSR count). The average Bonchev–Trinajstić information content (AvgIpc) is 3.02. The summed E-state index contributed by atoms with van der Waals surface area (Å²) in [6, 6.07) is 2.01. The van der Waals surface area contributed by atoms with Gasteiger partial charge < -0.3 is 9.47 Å². The van der Waals surface area contributed by atoms with Gasteiger partial charge in [0.15, 0.2) is 5.75 Å². The van der Waals surface area contributed by atoms with Gasteiger partial charge in [0.2, 0.25) is 0 Å². The van der Waals surface area contributed by atoms with Gasteiger partial charge in [0.25, 0.3) is 5.88 Å². The SMILES string of the molecule is CCc1ccnc(OC(C)(C)C)c1OC1CC1. The van der Waals surface area contributed by atoms with Crippen LogP contribution in [0.15, 0.2) is 12.3 Å². The van der Waals surface area contributed by atoms with Gasteiger partial charge in [-0.15, -0.1) is 0 Å². The molecule has 0 amide bonds. The second-order valence-electron chi connectivity index (χ2n) is 5.49. The van der Waals surface area contributed by atoms with E-state index in [1.165, 1.54) is 5.56 Å². The van der Waals surface area contributed by atoms with Crippen LogP contribution in [-0.2, 0) is 6.42 Å². The lowest BCUT2D eigenvalue weighted by atomic mass is 10.1. The highest BCUT2D eigenvalue weighted by Gasteiger charge is 2.27. The maximum atomic E-state index is 5.94. The molecule has 1 aromatic heterocycles. The van der Waals surface area contributed by atoms with Crippen LogP contribution in [0, 0.1) is 0 Å². The summed E-state index contributed by atoms with van der Waals surface area (Å²) in [6.45, 7) is 8.19. The normalized spacial score (nSPS) is 15.8. The number of hydrogen-bond donors (Lipinski definition) is 0. The van der Waals surface area contributed by atoms with Crippen molar-refractivity contribution in [3.05, 3.63) is 17.8 Å². The van der Waals surface area contributed by atoms with E-state index in [-0.39, 0.29) is 5.60 Å². The monoisotopic (exact) mass is 235 g/mol. The Morgan fingerprint density at radius 2 is 2.06 bits per heavy atom. The van der Waals surface area contributed by atoms with E-state index in [2.05, 4.69) is 11.9 Å². The molecule has 3 nitrogen and oxygen atoms in total. The quantitative estimate of drug-likeness (QED) is 0.802. The van der Waals surface area contributed by atoms with Crippen LogP contribution in [0.3, 0.4) is 0 Å². The van der Waals surface area contributed by atoms with Gasteiger partial charge in [-0.05, 0) is 46.1 Å². The van der Waals surface area contributed by atoms with Crippen LogP contribution < -0.4 is 9.47 Å². The summed E-state index contributed by atoms with van der Waals surface area (Å²) in [5.41, 5.74) is 0.923. The lowest BCUT2D eigenvalue weighted by Crippen LogP contribution is -2.24. The molecule has 0 aliphatic heterocycles. The molecular weight excluding hydrogens is 214 g/mol. The van der Waals surface area contributed by atoms with Crippen molar-refractivity contribution in [1.29, 1.82) is 0 Å². The van der Waals surface area contributed by atoms with Crippen LogP contribution in [0.4, 0.5) is 0 Å². The van der Waals surface area contributed by atoms with Crippen LogP contribution in [0.2, 0.25) is 0 Å². The standard InChI is InChI=1S/C14H21NO2/c1-5-10-8-9-15-13(17-14(2,3)4)12(10)16-11-6-7-11/h8-9,11H,5-7H2,1-4H3. The van der Waals surface area contributed by atoms with Crippen LogP contribution in [-0.4, -0.2) is 16.7 Å². The van der Waals surface area contributed by atoms with Gasteiger partial charge >= 0.3 is 0 Å². The molecule has 1 aromatic rings. The van der Waals surface area contributed by atoms with E-state index in [9.17, 15) is 0 Å². The predicted octanol–water partition coefficient (Wildman–Crippen LogP) is 3.36. The van der Waals surface area contributed by atoms with Crippen LogP contribution in [0.5, 0.6) is 11.6 Å². The third kappa shape index (κ3) is 3.35. The van der Waals surface area contributed by atoms with E-state index in [1.54, 1.807) is 6.20 Å². The molecule has 0 radical (unpaired) electrons. The molecule has 0 saturated heterocycles. The first-order valence-electron chi connectivity index (χ1n) is 6.33. The summed E-state index contributed by atoms with van der Waals surface area (Å²) in [4.78, 5) is 4.31. The molecule has 0 N–H and O–H groups in total. The van der Waals surface area contributed by atoms with E-state index < -0.39 is 0 Å². The third-order valence-corrected chi connectivity index (χ3v) is 2.55. The molecule has 0 aromatic carbocycles. The summed E-state index contributed by atoms with van der Waals surface area (Å²) in [5, 5.41) is 0. The summed E-state index contributed by atoms with van der Waals surface area (Å²) in [7, 11) is 0. The Bertz CT molecular complexity index is 392. The Morgan fingerprint density at radius 3 is 2.59 bits per heavy atom. The molecule has 94 valence electrons. The fraction of sp³-hybridized carbons (Fsp3) is 0.643. The smallest absolute Gasteiger partial charge is 0.257 e. The first-order chi connectivity index (χ1) is 7.99. The van der Waals surface area contributed by atoms with E-state index >= 15 is 0 Å². The van der Waals surface area contributed by atoms with Gasteiger partial charge in [0, 0.05) is 11.8 Å². The fourth-order valence-corrected chi connectivity index (χ4v) is 1.59. The van der Waals surface area contributed by atoms with Crippen molar-refractivity contribution in [2.45, 2.75) is 58.7 Å². The van der Waals surface area contributed by atoms with E-state index in [0.29, 0.717) is 12.0 Å². The Morgan fingerprint density at radius 1 is 1.35 bits per heavy atom. The molecule has 1 aliphatic rings. The molecule has 1 saturated carbocycles. The topological polar surface area (TPSA) is 31.4 Å². The number of rotatable bonds is 4. The Balaban J connectivity index is 2.28. The predicted molar refractivity (Wildman–Crippen MR) is 67.6 cm³/mol. The van der Waals surface area contributed by atoms with Gasteiger partial charge in [-0.2, -0.15) is 0 Å². The largest absolute Gasteiger partial charge is 0.485 e. The average molecular weight is 235 g/mol. The van der Waals surface area contributed by atoms with Gasteiger partial charge in [-0.1, -0.05) is 6.92 Å². The van der Waals surface area contributed by atoms with Gasteiger partial charge in [0.05, 0.1) is 6.10 Å². The highest BCUT2D eigenvalue weighted by Crippen LogP contribution is 2.36. The minimum absolute atomic E-state index is 0.249. The van der Waals surface area contributed by atoms with Gasteiger partial charge in [-0.25, -0.2) is 4.98 Å². The van der Waals surface area contributed by atoms with Crippen molar-refractivity contribution in [2.24, 2.45) is 0 Å². The maximum Gasteiger partial charge on any atom is 0.257 e. The first-order valence-corrected chi connectivity index (χ1v) is 6.33. The summed E-state index contributed by atoms with van der Waals surface area (Å²) >= 11 is 0. The summed E-state index contributed by atoms with van der Waals surface area (Å²) in [6.07, 6.45) is 5.39. The minimum Gasteiger partial charge on any atom is -0.485 e. The van der Waals surface area contributed by atoms with Crippen LogP contribution >= 0.6 is 0 Å². The third-order valence-electron chi connectivity index (χ3n) is 2.55. The van der Waals surface area contributed by atoms with Crippen LogP contribution in [0.25, 0.3) is 0 Å². The fourth-order valence-electron chi connectivity index (χ4n) is 1.59. The van der Waals surface area contributed by atoms with Crippen molar-refractivity contribution >= 4 is 0 Å². The van der Waals surface area contributed by atoms with Crippen LogP contribution in [0.1, 0.15) is 46.1 Å². The maximum absolute atomic E-state index is 5.94. The number of aryl methyl sites for hydroxylation is 1. The number of pyridine rings is 1. The van der Waals surface area contributed by atoms with Crippen molar-refractivity contribution in [1.82, 2.24) is 4.98 Å². The first kappa shape index (κ1) is 12.2. The molecular formula is C14H21NO2. The molecule has 0 atom stereocenters. The highest BCUT2D eigenvalue weighted by molar-refractivity contribution is 5.42. The molecule has 0 spiro atoms.